The van der Waals surface area contributed by atoms with E-state index in [9.17, 15) is 4.79 Å². The lowest BCUT2D eigenvalue weighted by molar-refractivity contribution is -0.130. The number of hydrogen-bond acceptors (Lipinski definition) is 3. The van der Waals surface area contributed by atoms with E-state index in [2.05, 4.69) is 0 Å². The number of nitrogens with zero attached hydrogens (tertiary/aromatic N) is 1. The van der Waals surface area contributed by atoms with E-state index in [0.29, 0.717) is 19.4 Å². The Labute approximate surface area is 106 Å². The second-order valence-electron chi connectivity index (χ2n) is 4.34. The minimum atomic E-state index is 0.0838. The molecule has 0 aliphatic heterocycles. The molecule has 0 atom stereocenters. The summed E-state index contributed by atoms with van der Waals surface area (Å²) in [5, 5.41) is 0. The second-order valence-corrected chi connectivity index (χ2v) is 4.34. The van der Waals surface area contributed by atoms with Gasteiger partial charge in [-0.25, -0.2) is 0 Å². The van der Waals surface area contributed by atoms with Gasteiger partial charge in [0.2, 0.25) is 5.91 Å². The molecular weight excluding hydrogens is 230 g/mol. The van der Waals surface area contributed by atoms with Gasteiger partial charge in [-0.05, 0) is 31.2 Å². The van der Waals surface area contributed by atoms with Gasteiger partial charge in [0.15, 0.2) is 0 Å². The van der Waals surface area contributed by atoms with Gasteiger partial charge in [0, 0.05) is 19.9 Å². The van der Waals surface area contributed by atoms with Gasteiger partial charge in [-0.2, -0.15) is 0 Å². The first-order chi connectivity index (χ1) is 8.65. The van der Waals surface area contributed by atoms with Crippen molar-refractivity contribution in [1.29, 1.82) is 0 Å². The number of hydrogen-bond donors (Lipinski definition) is 0. The van der Waals surface area contributed by atoms with Crippen molar-refractivity contribution in [2.75, 3.05) is 7.05 Å². The highest BCUT2D eigenvalue weighted by atomic mass is 16.3. The first-order valence-corrected chi connectivity index (χ1v) is 5.97. The van der Waals surface area contributed by atoms with Crippen molar-refractivity contribution in [3.63, 3.8) is 0 Å². The van der Waals surface area contributed by atoms with Crippen LogP contribution < -0.4 is 0 Å². The summed E-state index contributed by atoms with van der Waals surface area (Å²) in [5.41, 5.74) is 0. The number of carbonyl (C=O) groups is 1. The van der Waals surface area contributed by atoms with Crippen molar-refractivity contribution in [2.45, 2.75) is 26.3 Å². The molecule has 2 rings (SSSR count). The fourth-order valence-electron chi connectivity index (χ4n) is 1.77. The Morgan fingerprint density at radius 2 is 2.11 bits per heavy atom. The molecule has 1 amide bonds. The van der Waals surface area contributed by atoms with Gasteiger partial charge in [0.05, 0.1) is 12.8 Å². The van der Waals surface area contributed by atoms with Crippen molar-refractivity contribution in [3.05, 3.63) is 47.8 Å². The molecule has 0 bridgehead atoms. The summed E-state index contributed by atoms with van der Waals surface area (Å²) in [4.78, 5) is 13.6. The zero-order chi connectivity index (χ0) is 13.0. The fraction of sp³-hybridized carbons (Fsp3) is 0.357. The highest BCUT2D eigenvalue weighted by Crippen LogP contribution is 2.10. The van der Waals surface area contributed by atoms with Crippen LogP contribution in [0.3, 0.4) is 0 Å². The summed E-state index contributed by atoms with van der Waals surface area (Å²) in [6.07, 6.45) is 2.70. The van der Waals surface area contributed by atoms with Crippen molar-refractivity contribution in [1.82, 2.24) is 4.90 Å². The standard InChI is InChI=1S/C14H17NO3/c1-11-5-6-13(18-11)10-15(2)14(16)8-7-12-4-3-9-17-12/h3-6,9H,7-8,10H2,1-2H3. The van der Waals surface area contributed by atoms with E-state index in [4.69, 9.17) is 8.83 Å². The predicted octanol–water partition coefficient (Wildman–Crippen LogP) is 2.77. The molecule has 4 heteroatoms. The highest BCUT2D eigenvalue weighted by Gasteiger charge is 2.11. The third-order valence-corrected chi connectivity index (χ3v) is 2.78. The Hall–Kier alpha value is -1.97. The van der Waals surface area contributed by atoms with Crippen LogP contribution in [0, 0.1) is 6.92 Å². The van der Waals surface area contributed by atoms with E-state index < -0.39 is 0 Å². The molecule has 0 aliphatic rings. The first kappa shape index (κ1) is 12.5. The van der Waals surface area contributed by atoms with E-state index in [1.807, 2.05) is 31.2 Å². The van der Waals surface area contributed by atoms with Gasteiger partial charge in [0.1, 0.15) is 17.3 Å². The molecule has 2 aromatic rings. The average molecular weight is 247 g/mol. The normalized spacial score (nSPS) is 10.6. The van der Waals surface area contributed by atoms with E-state index in [1.54, 1.807) is 18.2 Å². The third-order valence-electron chi connectivity index (χ3n) is 2.78. The molecule has 0 spiro atoms. The number of furan rings is 2. The molecule has 96 valence electrons. The average Bonchev–Trinajstić information content (AvgIpc) is 2.97. The molecule has 18 heavy (non-hydrogen) atoms. The molecule has 0 saturated heterocycles. The van der Waals surface area contributed by atoms with E-state index in [0.717, 1.165) is 17.3 Å². The van der Waals surface area contributed by atoms with Crippen molar-refractivity contribution in [3.8, 4) is 0 Å². The van der Waals surface area contributed by atoms with Crippen LogP contribution in [0.15, 0.2) is 39.4 Å². The smallest absolute Gasteiger partial charge is 0.223 e. The molecule has 0 aromatic carbocycles. The number of aryl methyl sites for hydroxylation is 2. The quantitative estimate of drug-likeness (QED) is 0.816. The zero-order valence-electron chi connectivity index (χ0n) is 10.7. The summed E-state index contributed by atoms with van der Waals surface area (Å²) < 4.78 is 10.6. The fourth-order valence-corrected chi connectivity index (χ4v) is 1.77. The minimum Gasteiger partial charge on any atom is -0.469 e. The lowest BCUT2D eigenvalue weighted by Gasteiger charge is -2.15. The monoisotopic (exact) mass is 247 g/mol. The second kappa shape index (κ2) is 5.58. The van der Waals surface area contributed by atoms with Crippen molar-refractivity contribution in [2.24, 2.45) is 0 Å². The Kier molecular flexibility index (Phi) is 3.87. The third kappa shape index (κ3) is 3.26. The molecule has 0 unspecified atom stereocenters. The van der Waals surface area contributed by atoms with E-state index in [1.165, 1.54) is 0 Å². The lowest BCUT2D eigenvalue weighted by Crippen LogP contribution is -2.26. The summed E-state index contributed by atoms with van der Waals surface area (Å²) in [6, 6.07) is 7.50. The van der Waals surface area contributed by atoms with Crippen LogP contribution >= 0.6 is 0 Å². The first-order valence-electron chi connectivity index (χ1n) is 5.97. The molecule has 0 fully saturated rings. The maximum absolute atomic E-state index is 11.9. The van der Waals surface area contributed by atoms with Gasteiger partial charge in [0.25, 0.3) is 0 Å². The minimum absolute atomic E-state index is 0.0838. The van der Waals surface area contributed by atoms with Crippen LogP contribution in [0.4, 0.5) is 0 Å². The van der Waals surface area contributed by atoms with Gasteiger partial charge in [-0.15, -0.1) is 0 Å². The SMILES string of the molecule is Cc1ccc(CN(C)C(=O)CCc2ccco2)o1. The maximum Gasteiger partial charge on any atom is 0.223 e. The molecule has 0 aliphatic carbocycles. The van der Waals surface area contributed by atoms with E-state index >= 15 is 0 Å². The van der Waals surface area contributed by atoms with Crippen LogP contribution in [0.25, 0.3) is 0 Å². The number of carbonyl (C=O) groups excluding carboxylic acids is 1. The molecular formula is C14H17NO3. The van der Waals surface area contributed by atoms with E-state index in [-0.39, 0.29) is 5.91 Å². The Balaban J connectivity index is 1.81. The summed E-state index contributed by atoms with van der Waals surface area (Å²) >= 11 is 0. The topological polar surface area (TPSA) is 46.6 Å². The highest BCUT2D eigenvalue weighted by molar-refractivity contribution is 5.76. The molecule has 4 nitrogen and oxygen atoms in total. The largest absolute Gasteiger partial charge is 0.469 e. The van der Waals surface area contributed by atoms with Crippen LogP contribution in [0.2, 0.25) is 0 Å². The lowest BCUT2D eigenvalue weighted by atomic mass is 10.2. The van der Waals surface area contributed by atoms with Crippen LogP contribution in [-0.4, -0.2) is 17.9 Å². The Bertz CT molecular complexity index is 499. The summed E-state index contributed by atoms with van der Waals surface area (Å²) in [5.74, 6) is 2.59. The Morgan fingerprint density at radius 3 is 2.72 bits per heavy atom. The van der Waals surface area contributed by atoms with Gasteiger partial charge >= 0.3 is 0 Å². The maximum atomic E-state index is 11.9. The van der Waals surface area contributed by atoms with Crippen LogP contribution in [0.1, 0.15) is 23.7 Å². The Morgan fingerprint density at radius 1 is 1.28 bits per heavy atom. The van der Waals surface area contributed by atoms with Crippen molar-refractivity contribution >= 4 is 5.91 Å². The van der Waals surface area contributed by atoms with Gasteiger partial charge < -0.3 is 13.7 Å². The van der Waals surface area contributed by atoms with Crippen LogP contribution in [0.5, 0.6) is 0 Å². The van der Waals surface area contributed by atoms with Crippen molar-refractivity contribution < 1.29 is 13.6 Å². The number of amides is 1. The predicted molar refractivity (Wildman–Crippen MR) is 66.9 cm³/mol. The zero-order valence-corrected chi connectivity index (χ0v) is 10.7. The van der Waals surface area contributed by atoms with Crippen LogP contribution in [-0.2, 0) is 17.8 Å². The summed E-state index contributed by atoms with van der Waals surface area (Å²) in [6.45, 7) is 2.40. The molecule has 0 N–H and O–H groups in total. The molecule has 0 saturated carbocycles. The number of rotatable bonds is 5. The van der Waals surface area contributed by atoms with Gasteiger partial charge in [-0.3, -0.25) is 4.79 Å². The molecule has 2 aromatic heterocycles. The molecule has 2 heterocycles. The molecule has 0 radical (unpaired) electrons. The van der Waals surface area contributed by atoms with Gasteiger partial charge in [-0.1, -0.05) is 0 Å². The summed E-state index contributed by atoms with van der Waals surface area (Å²) in [7, 11) is 1.78.